The molecule has 0 bridgehead atoms. The van der Waals surface area contributed by atoms with E-state index in [0.717, 1.165) is 11.5 Å². The third-order valence-corrected chi connectivity index (χ3v) is 2.62. The van der Waals surface area contributed by atoms with Crippen LogP contribution in [0.25, 0.3) is 0 Å². The Labute approximate surface area is 102 Å². The molecule has 6 heteroatoms. The molecule has 0 aliphatic carbocycles. The molecule has 4 N–H and O–H groups in total. The van der Waals surface area contributed by atoms with Crippen LogP contribution in [0.5, 0.6) is 0 Å². The SMILES string of the molecule is CCN(CC(N)=O)c1c(N)c(C)nn1C(C)C. The molecule has 1 amide bonds. The fourth-order valence-corrected chi connectivity index (χ4v) is 1.75. The summed E-state index contributed by atoms with van der Waals surface area (Å²) < 4.78 is 1.83. The average Bonchev–Trinajstić information content (AvgIpc) is 2.52. The van der Waals surface area contributed by atoms with Crippen LogP contribution in [0.2, 0.25) is 0 Å². The third kappa shape index (κ3) is 2.69. The van der Waals surface area contributed by atoms with Crippen LogP contribution in [-0.2, 0) is 4.79 Å². The van der Waals surface area contributed by atoms with E-state index < -0.39 is 0 Å². The molecule has 0 saturated carbocycles. The highest BCUT2D eigenvalue weighted by molar-refractivity contribution is 5.81. The molecule has 6 nitrogen and oxygen atoms in total. The fourth-order valence-electron chi connectivity index (χ4n) is 1.75. The van der Waals surface area contributed by atoms with Gasteiger partial charge in [0, 0.05) is 12.6 Å². The first-order chi connectivity index (χ1) is 7.88. The molecule has 1 heterocycles. The lowest BCUT2D eigenvalue weighted by atomic mass is 10.3. The highest BCUT2D eigenvalue weighted by atomic mass is 16.1. The van der Waals surface area contributed by atoms with Crippen LogP contribution in [0.1, 0.15) is 32.5 Å². The number of carbonyl (C=O) groups excluding carboxylic acids is 1. The molecule has 0 fully saturated rings. The molecule has 0 aliphatic rings. The van der Waals surface area contributed by atoms with Gasteiger partial charge in [-0.2, -0.15) is 5.10 Å². The van der Waals surface area contributed by atoms with Gasteiger partial charge in [-0.3, -0.25) is 4.79 Å². The maximum atomic E-state index is 11.1. The second kappa shape index (κ2) is 5.07. The van der Waals surface area contributed by atoms with Crippen LogP contribution in [0.4, 0.5) is 11.5 Å². The number of amides is 1. The quantitative estimate of drug-likeness (QED) is 0.790. The summed E-state index contributed by atoms with van der Waals surface area (Å²) in [7, 11) is 0. The van der Waals surface area contributed by atoms with Crippen molar-refractivity contribution in [2.75, 3.05) is 23.7 Å². The number of nitrogens with two attached hydrogens (primary N) is 2. The van der Waals surface area contributed by atoms with Gasteiger partial charge in [-0.25, -0.2) is 4.68 Å². The van der Waals surface area contributed by atoms with Gasteiger partial charge < -0.3 is 16.4 Å². The summed E-state index contributed by atoms with van der Waals surface area (Å²) in [5.41, 5.74) is 12.6. The zero-order chi connectivity index (χ0) is 13.2. The first kappa shape index (κ1) is 13.3. The van der Waals surface area contributed by atoms with Gasteiger partial charge >= 0.3 is 0 Å². The molecule has 0 aliphatic heterocycles. The Kier molecular flexibility index (Phi) is 3.98. The molecule has 0 saturated heterocycles. The van der Waals surface area contributed by atoms with E-state index in [2.05, 4.69) is 5.10 Å². The van der Waals surface area contributed by atoms with E-state index >= 15 is 0 Å². The maximum absolute atomic E-state index is 11.1. The van der Waals surface area contributed by atoms with Gasteiger partial charge in [0.05, 0.1) is 17.9 Å². The monoisotopic (exact) mass is 239 g/mol. The molecule has 96 valence electrons. The molecule has 1 rings (SSSR count). The van der Waals surface area contributed by atoms with Gasteiger partial charge in [0.1, 0.15) is 0 Å². The summed E-state index contributed by atoms with van der Waals surface area (Å²) in [4.78, 5) is 12.9. The topological polar surface area (TPSA) is 90.2 Å². The van der Waals surface area contributed by atoms with Gasteiger partial charge in [-0.1, -0.05) is 0 Å². The first-order valence-electron chi connectivity index (χ1n) is 5.76. The largest absolute Gasteiger partial charge is 0.394 e. The van der Waals surface area contributed by atoms with Crippen LogP contribution < -0.4 is 16.4 Å². The molecule has 0 atom stereocenters. The Morgan fingerprint density at radius 2 is 2.12 bits per heavy atom. The minimum absolute atomic E-state index is 0.151. The van der Waals surface area contributed by atoms with E-state index in [0.29, 0.717) is 12.2 Å². The molecule has 1 aromatic rings. The fraction of sp³-hybridized carbons (Fsp3) is 0.636. The highest BCUT2D eigenvalue weighted by Gasteiger charge is 2.20. The first-order valence-corrected chi connectivity index (χ1v) is 5.76. The number of anilines is 2. The Bertz CT molecular complexity index is 410. The summed E-state index contributed by atoms with van der Waals surface area (Å²) in [5.74, 6) is 0.402. The van der Waals surface area contributed by atoms with Gasteiger partial charge in [-0.15, -0.1) is 0 Å². The second-order valence-electron chi connectivity index (χ2n) is 4.34. The van der Waals surface area contributed by atoms with Gasteiger partial charge in [0.25, 0.3) is 0 Å². The summed E-state index contributed by atoms with van der Waals surface area (Å²) in [5, 5.41) is 4.38. The van der Waals surface area contributed by atoms with Gasteiger partial charge in [0.15, 0.2) is 5.82 Å². The summed E-state index contributed by atoms with van der Waals surface area (Å²) in [6, 6.07) is 0.183. The third-order valence-electron chi connectivity index (χ3n) is 2.62. The van der Waals surface area contributed by atoms with Gasteiger partial charge in [-0.05, 0) is 27.7 Å². The van der Waals surface area contributed by atoms with Crippen molar-refractivity contribution in [3.05, 3.63) is 5.69 Å². The zero-order valence-corrected chi connectivity index (χ0v) is 10.9. The average molecular weight is 239 g/mol. The van der Waals surface area contributed by atoms with Crippen LogP contribution in [-0.4, -0.2) is 28.8 Å². The Hall–Kier alpha value is -1.72. The van der Waals surface area contributed by atoms with E-state index in [1.165, 1.54) is 0 Å². The molecule has 0 unspecified atom stereocenters. The number of hydrogen-bond acceptors (Lipinski definition) is 4. The lowest BCUT2D eigenvalue weighted by molar-refractivity contribution is -0.116. The summed E-state index contributed by atoms with van der Waals surface area (Å²) >= 11 is 0. The minimum atomic E-state index is -0.375. The predicted molar refractivity (Wildman–Crippen MR) is 68.8 cm³/mol. The van der Waals surface area contributed by atoms with Crippen molar-refractivity contribution < 1.29 is 4.79 Å². The lowest BCUT2D eigenvalue weighted by Gasteiger charge is -2.24. The number of nitrogens with zero attached hydrogens (tertiary/aromatic N) is 3. The smallest absolute Gasteiger partial charge is 0.236 e. The van der Waals surface area contributed by atoms with Crippen molar-refractivity contribution in [2.45, 2.75) is 33.7 Å². The Morgan fingerprint density at radius 3 is 2.53 bits per heavy atom. The van der Waals surface area contributed by atoms with E-state index in [4.69, 9.17) is 11.5 Å². The second-order valence-corrected chi connectivity index (χ2v) is 4.34. The number of aryl methyl sites for hydroxylation is 1. The van der Waals surface area contributed by atoms with Crippen LogP contribution >= 0.6 is 0 Å². The van der Waals surface area contributed by atoms with E-state index in [-0.39, 0.29) is 18.5 Å². The number of primary amides is 1. The van der Waals surface area contributed by atoms with Crippen molar-refractivity contribution in [2.24, 2.45) is 5.73 Å². The van der Waals surface area contributed by atoms with Gasteiger partial charge in [0.2, 0.25) is 5.91 Å². The van der Waals surface area contributed by atoms with Crippen LogP contribution in [0.3, 0.4) is 0 Å². The van der Waals surface area contributed by atoms with E-state index in [1.54, 1.807) is 0 Å². The van der Waals surface area contributed by atoms with Crippen molar-refractivity contribution >= 4 is 17.4 Å². The standard InChI is InChI=1S/C11H21N5O/c1-5-15(6-9(12)17)11-10(13)8(4)14-16(11)7(2)3/h7H,5-6,13H2,1-4H3,(H2,12,17). The van der Waals surface area contributed by atoms with Crippen molar-refractivity contribution in [3.63, 3.8) is 0 Å². The molecule has 1 aromatic heterocycles. The summed E-state index contributed by atoms with van der Waals surface area (Å²) in [6.07, 6.45) is 0. The number of hydrogen-bond donors (Lipinski definition) is 2. The van der Waals surface area contributed by atoms with Crippen LogP contribution in [0.15, 0.2) is 0 Å². The molecule has 0 aromatic carbocycles. The number of carbonyl (C=O) groups is 1. The normalized spacial score (nSPS) is 10.9. The predicted octanol–water partition coefficient (Wildman–Crippen LogP) is 0.666. The van der Waals surface area contributed by atoms with E-state index in [9.17, 15) is 4.79 Å². The molecule has 0 spiro atoms. The highest BCUT2D eigenvalue weighted by Crippen LogP contribution is 2.28. The molecule has 0 radical (unpaired) electrons. The molecular formula is C11H21N5O. The molecule has 17 heavy (non-hydrogen) atoms. The van der Waals surface area contributed by atoms with Crippen molar-refractivity contribution in [3.8, 4) is 0 Å². The number of nitrogen functional groups attached to an aromatic ring is 1. The maximum Gasteiger partial charge on any atom is 0.236 e. The number of likely N-dealkylation sites (N-methyl/N-ethyl adjacent to an activating group) is 1. The van der Waals surface area contributed by atoms with Crippen LogP contribution in [0, 0.1) is 6.92 Å². The van der Waals surface area contributed by atoms with Crippen molar-refractivity contribution in [1.82, 2.24) is 9.78 Å². The Balaban J connectivity index is 3.21. The number of aromatic nitrogens is 2. The zero-order valence-electron chi connectivity index (χ0n) is 10.9. The van der Waals surface area contributed by atoms with E-state index in [1.807, 2.05) is 37.3 Å². The minimum Gasteiger partial charge on any atom is -0.394 e. The van der Waals surface area contributed by atoms with Crippen molar-refractivity contribution in [1.29, 1.82) is 0 Å². The summed E-state index contributed by atoms with van der Waals surface area (Å²) in [6.45, 7) is 8.66. The Morgan fingerprint density at radius 1 is 1.53 bits per heavy atom. The lowest BCUT2D eigenvalue weighted by Crippen LogP contribution is -2.35. The molecular weight excluding hydrogens is 218 g/mol. The number of rotatable bonds is 5.